The van der Waals surface area contributed by atoms with Gasteiger partial charge < -0.3 is 26.2 Å². The number of benzene rings is 3. The van der Waals surface area contributed by atoms with Gasteiger partial charge in [-0.1, -0.05) is 54.6 Å². The molecule has 1 aliphatic rings. The summed E-state index contributed by atoms with van der Waals surface area (Å²) in [5.41, 5.74) is 9.02. The van der Waals surface area contributed by atoms with Crippen LogP contribution in [0.2, 0.25) is 0 Å². The highest BCUT2D eigenvalue weighted by molar-refractivity contribution is 5.97. The SMILES string of the molecule is Cc1ccccc1N/C(=N/C#N)N1CCN(C(=O)Nc2cccc(C(N)=O)c2)C(c2ccccc2)C1. The Labute approximate surface area is 209 Å². The molecule has 4 N–H and O–H groups in total. The number of aryl methyl sites for hydroxylation is 1. The van der Waals surface area contributed by atoms with Crippen LogP contribution in [0.25, 0.3) is 0 Å². The van der Waals surface area contributed by atoms with Crippen molar-refractivity contribution in [3.05, 3.63) is 95.6 Å². The molecule has 3 amide bonds. The van der Waals surface area contributed by atoms with Gasteiger partial charge in [-0.25, -0.2) is 4.79 Å². The minimum absolute atomic E-state index is 0.296. The lowest BCUT2D eigenvalue weighted by Crippen LogP contribution is -2.54. The number of piperazine rings is 1. The molecule has 1 unspecified atom stereocenters. The van der Waals surface area contributed by atoms with Gasteiger partial charge in [0.2, 0.25) is 18.1 Å². The molecule has 3 aromatic carbocycles. The maximum absolute atomic E-state index is 13.4. The second-order valence-corrected chi connectivity index (χ2v) is 8.42. The summed E-state index contributed by atoms with van der Waals surface area (Å²) in [7, 11) is 0. The van der Waals surface area contributed by atoms with E-state index in [-0.39, 0.29) is 12.1 Å². The van der Waals surface area contributed by atoms with Crippen molar-refractivity contribution in [1.82, 2.24) is 9.80 Å². The molecular weight excluding hydrogens is 454 g/mol. The molecule has 4 rings (SSSR count). The predicted octanol–water partition coefficient (Wildman–Crippen LogP) is 3.93. The van der Waals surface area contributed by atoms with E-state index in [0.29, 0.717) is 36.8 Å². The number of hydrogen-bond acceptors (Lipinski definition) is 4. The fourth-order valence-corrected chi connectivity index (χ4v) is 4.18. The number of rotatable bonds is 4. The lowest BCUT2D eigenvalue weighted by molar-refractivity contribution is 0.1000. The zero-order chi connectivity index (χ0) is 25.5. The summed E-state index contributed by atoms with van der Waals surface area (Å²) >= 11 is 0. The molecule has 1 heterocycles. The zero-order valence-corrected chi connectivity index (χ0v) is 19.9. The van der Waals surface area contributed by atoms with Crippen LogP contribution in [-0.2, 0) is 0 Å². The van der Waals surface area contributed by atoms with E-state index >= 15 is 0 Å². The Morgan fingerprint density at radius 3 is 2.47 bits per heavy atom. The van der Waals surface area contributed by atoms with Gasteiger partial charge in [0, 0.05) is 36.6 Å². The van der Waals surface area contributed by atoms with Crippen molar-refractivity contribution in [3.63, 3.8) is 0 Å². The number of hydrogen-bond donors (Lipinski definition) is 3. The van der Waals surface area contributed by atoms with Crippen LogP contribution in [0.3, 0.4) is 0 Å². The molecule has 1 saturated heterocycles. The second-order valence-electron chi connectivity index (χ2n) is 8.42. The third-order valence-corrected chi connectivity index (χ3v) is 6.07. The van der Waals surface area contributed by atoms with Gasteiger partial charge in [-0.15, -0.1) is 4.99 Å². The van der Waals surface area contributed by atoms with Crippen LogP contribution >= 0.6 is 0 Å². The van der Waals surface area contributed by atoms with E-state index in [2.05, 4.69) is 15.6 Å². The van der Waals surface area contributed by atoms with Gasteiger partial charge in [0.15, 0.2) is 0 Å². The van der Waals surface area contributed by atoms with Gasteiger partial charge in [-0.3, -0.25) is 4.79 Å². The number of anilines is 2. The number of nitrogens with one attached hydrogen (secondary N) is 2. The molecule has 9 nitrogen and oxygen atoms in total. The predicted molar refractivity (Wildman–Crippen MR) is 139 cm³/mol. The number of primary amides is 1. The van der Waals surface area contributed by atoms with E-state index in [9.17, 15) is 14.9 Å². The number of carbonyl (C=O) groups is 2. The van der Waals surface area contributed by atoms with Gasteiger partial charge in [0.1, 0.15) is 0 Å². The molecule has 1 atom stereocenters. The fraction of sp³-hybridized carbons (Fsp3) is 0.185. The third kappa shape index (κ3) is 5.62. The minimum Gasteiger partial charge on any atom is -0.366 e. The van der Waals surface area contributed by atoms with Gasteiger partial charge in [0.05, 0.1) is 6.04 Å². The Bertz CT molecular complexity index is 1320. The highest BCUT2D eigenvalue weighted by atomic mass is 16.2. The van der Waals surface area contributed by atoms with Crippen molar-refractivity contribution < 1.29 is 9.59 Å². The van der Waals surface area contributed by atoms with E-state index in [4.69, 9.17) is 5.73 Å². The summed E-state index contributed by atoms with van der Waals surface area (Å²) in [6, 6.07) is 23.4. The average molecular weight is 482 g/mol. The molecule has 0 aliphatic carbocycles. The van der Waals surface area contributed by atoms with Crippen molar-refractivity contribution >= 4 is 29.3 Å². The van der Waals surface area contributed by atoms with Crippen LogP contribution in [-0.4, -0.2) is 47.3 Å². The number of carbonyl (C=O) groups excluding carboxylic acids is 2. The summed E-state index contributed by atoms with van der Waals surface area (Å²) in [5, 5.41) is 15.5. The molecule has 9 heteroatoms. The van der Waals surface area contributed by atoms with E-state index in [1.165, 1.54) is 0 Å². The summed E-state index contributed by atoms with van der Waals surface area (Å²) in [4.78, 5) is 32.7. The number of nitrogens with zero attached hydrogens (tertiary/aromatic N) is 4. The molecule has 0 spiro atoms. The first-order valence-electron chi connectivity index (χ1n) is 11.5. The van der Waals surface area contributed by atoms with E-state index in [1.54, 1.807) is 29.2 Å². The van der Waals surface area contributed by atoms with Gasteiger partial charge in [-0.2, -0.15) is 5.26 Å². The zero-order valence-electron chi connectivity index (χ0n) is 19.9. The van der Waals surface area contributed by atoms with Crippen LogP contribution in [0.4, 0.5) is 16.2 Å². The van der Waals surface area contributed by atoms with Crippen LogP contribution in [0.15, 0.2) is 83.9 Å². The molecule has 0 bridgehead atoms. The molecule has 3 aromatic rings. The van der Waals surface area contributed by atoms with Gasteiger partial charge in [-0.05, 0) is 42.3 Å². The topological polar surface area (TPSA) is 127 Å². The highest BCUT2D eigenvalue weighted by Crippen LogP contribution is 2.27. The summed E-state index contributed by atoms with van der Waals surface area (Å²) in [6.45, 7) is 3.27. The minimum atomic E-state index is -0.563. The van der Waals surface area contributed by atoms with E-state index < -0.39 is 5.91 Å². The molecular formula is C27H27N7O2. The Kier molecular flexibility index (Phi) is 7.46. The number of urea groups is 1. The Hall–Kier alpha value is -4.84. The van der Waals surface area contributed by atoms with E-state index in [1.807, 2.05) is 72.6 Å². The monoisotopic (exact) mass is 481 g/mol. The quantitative estimate of drug-likeness (QED) is 0.296. The lowest BCUT2D eigenvalue weighted by Gasteiger charge is -2.42. The first kappa shape index (κ1) is 24.3. The van der Waals surface area contributed by atoms with Crippen molar-refractivity contribution in [2.75, 3.05) is 30.3 Å². The number of para-hydroxylation sites is 1. The molecule has 0 aromatic heterocycles. The summed E-state index contributed by atoms with van der Waals surface area (Å²) < 4.78 is 0. The third-order valence-electron chi connectivity index (χ3n) is 6.07. The fourth-order valence-electron chi connectivity index (χ4n) is 4.18. The normalized spacial score (nSPS) is 15.7. The molecule has 1 fully saturated rings. The molecule has 36 heavy (non-hydrogen) atoms. The Morgan fingerprint density at radius 1 is 1.00 bits per heavy atom. The number of amides is 3. The van der Waals surface area contributed by atoms with Crippen molar-refractivity contribution in [1.29, 1.82) is 5.26 Å². The lowest BCUT2D eigenvalue weighted by atomic mass is 10.0. The Balaban J connectivity index is 1.58. The molecule has 0 radical (unpaired) electrons. The standard InChI is InChI=1S/C27H27N7O2/c1-19-8-5-6-13-23(19)32-26(30-18-28)33-14-15-34(24(17-33)20-9-3-2-4-10-20)27(36)31-22-12-7-11-21(16-22)25(29)35/h2-13,16,24H,14-15,17H2,1H3,(H2,29,35)(H,30,32)(H,31,36). The average Bonchev–Trinajstić information content (AvgIpc) is 2.90. The molecule has 1 aliphatic heterocycles. The second kappa shape index (κ2) is 11.1. The maximum Gasteiger partial charge on any atom is 0.322 e. The van der Waals surface area contributed by atoms with Gasteiger partial charge >= 0.3 is 6.03 Å². The molecule has 0 saturated carbocycles. The van der Waals surface area contributed by atoms with Crippen LogP contribution < -0.4 is 16.4 Å². The number of aliphatic imine (C=N–C) groups is 1. The maximum atomic E-state index is 13.4. The number of nitrogens with two attached hydrogens (primary N) is 1. The van der Waals surface area contributed by atoms with Crippen LogP contribution in [0.5, 0.6) is 0 Å². The largest absolute Gasteiger partial charge is 0.366 e. The number of nitriles is 1. The summed E-state index contributed by atoms with van der Waals surface area (Å²) in [5.74, 6) is -0.130. The van der Waals surface area contributed by atoms with Crippen LogP contribution in [0, 0.1) is 18.4 Å². The van der Waals surface area contributed by atoms with Crippen molar-refractivity contribution in [3.8, 4) is 6.19 Å². The van der Waals surface area contributed by atoms with Crippen molar-refractivity contribution in [2.45, 2.75) is 13.0 Å². The number of guanidine groups is 1. The highest BCUT2D eigenvalue weighted by Gasteiger charge is 2.33. The van der Waals surface area contributed by atoms with E-state index in [0.717, 1.165) is 16.8 Å². The van der Waals surface area contributed by atoms with Gasteiger partial charge in [0.25, 0.3) is 0 Å². The molecule has 182 valence electrons. The Morgan fingerprint density at radius 2 is 1.75 bits per heavy atom. The van der Waals surface area contributed by atoms with Crippen LogP contribution in [0.1, 0.15) is 27.5 Å². The first-order chi connectivity index (χ1) is 17.5. The summed E-state index contributed by atoms with van der Waals surface area (Å²) in [6.07, 6.45) is 1.89. The first-order valence-corrected chi connectivity index (χ1v) is 11.5. The van der Waals surface area contributed by atoms with Crippen molar-refractivity contribution in [2.24, 2.45) is 10.7 Å². The smallest absolute Gasteiger partial charge is 0.322 e.